The summed E-state index contributed by atoms with van der Waals surface area (Å²) >= 11 is 0. The molecule has 0 atom stereocenters. The molecule has 2 amide bonds. The molecule has 2 aliphatic rings. The number of carbonyl (C=O) groups excluding carboxylic acids is 2. The molecule has 0 radical (unpaired) electrons. The second-order valence-electron chi connectivity index (χ2n) is 8.09. The van der Waals surface area contributed by atoms with Gasteiger partial charge in [-0.15, -0.1) is 0 Å². The summed E-state index contributed by atoms with van der Waals surface area (Å²) in [6.07, 6.45) is 5.27. The smallest absolute Gasteiger partial charge is 0.260 e. The first-order chi connectivity index (χ1) is 14.5. The van der Waals surface area contributed by atoms with Crippen molar-refractivity contribution < 1.29 is 14.4 Å². The van der Waals surface area contributed by atoms with Gasteiger partial charge in [-0.25, -0.2) is 0 Å². The number of likely N-dealkylation sites (tertiary alicyclic amines) is 2. The molecule has 2 aliphatic heterocycles. The summed E-state index contributed by atoms with van der Waals surface area (Å²) < 4.78 is 0. The Hall–Kier alpha value is -2.61. The third kappa shape index (κ3) is 6.45. The lowest BCUT2D eigenvalue weighted by Crippen LogP contribution is -2.46. The Bertz CT molecular complexity index is 753. The average molecular weight is 416 g/mol. The van der Waals surface area contributed by atoms with Crippen molar-refractivity contribution in [3.05, 3.63) is 35.4 Å². The summed E-state index contributed by atoms with van der Waals surface area (Å²) in [6, 6.07) is 7.99. The summed E-state index contributed by atoms with van der Waals surface area (Å²) in [5.41, 5.74) is 8.12. The number of nitrogens with two attached hydrogens (primary N) is 1. The summed E-state index contributed by atoms with van der Waals surface area (Å²) in [5.74, 6) is 0.132. The standard InChI is InChI=1S/C22H33N5O3/c1-17(28)27-13-9-19(10-14-27)24-21(29)16-30-25-22(23)20-8-4-3-7-18(20)15-26-11-5-2-6-12-26/h3-4,7-8,19H,2,5-6,9-16H2,1H3,(H2,23,25)(H,24,29). The molecule has 2 saturated heterocycles. The van der Waals surface area contributed by atoms with Crippen LogP contribution in [0.5, 0.6) is 0 Å². The number of oxime groups is 1. The number of amidine groups is 1. The van der Waals surface area contributed by atoms with Crippen molar-refractivity contribution in [3.8, 4) is 0 Å². The van der Waals surface area contributed by atoms with E-state index in [-0.39, 0.29) is 30.3 Å². The lowest BCUT2D eigenvalue weighted by atomic mass is 10.0. The van der Waals surface area contributed by atoms with Gasteiger partial charge in [0.25, 0.3) is 5.91 Å². The summed E-state index contributed by atoms with van der Waals surface area (Å²) in [4.78, 5) is 33.0. The number of carbonyl (C=O) groups is 2. The van der Waals surface area contributed by atoms with E-state index in [1.54, 1.807) is 11.8 Å². The average Bonchev–Trinajstić information content (AvgIpc) is 2.75. The molecule has 164 valence electrons. The van der Waals surface area contributed by atoms with Crippen LogP contribution in [0.15, 0.2) is 29.4 Å². The van der Waals surface area contributed by atoms with Gasteiger partial charge < -0.3 is 20.8 Å². The van der Waals surface area contributed by atoms with Crippen molar-refractivity contribution in [2.24, 2.45) is 10.9 Å². The van der Waals surface area contributed by atoms with Gasteiger partial charge in [0.15, 0.2) is 12.4 Å². The van der Waals surface area contributed by atoms with Crippen LogP contribution in [0.2, 0.25) is 0 Å². The van der Waals surface area contributed by atoms with E-state index in [4.69, 9.17) is 10.6 Å². The Morgan fingerprint density at radius 2 is 1.83 bits per heavy atom. The van der Waals surface area contributed by atoms with Crippen LogP contribution in [-0.4, -0.2) is 66.3 Å². The van der Waals surface area contributed by atoms with E-state index in [0.717, 1.165) is 43.6 Å². The van der Waals surface area contributed by atoms with Gasteiger partial charge in [0.05, 0.1) is 0 Å². The highest BCUT2D eigenvalue weighted by Gasteiger charge is 2.22. The molecule has 3 N–H and O–H groups in total. The van der Waals surface area contributed by atoms with Gasteiger partial charge in [-0.05, 0) is 44.3 Å². The summed E-state index contributed by atoms with van der Waals surface area (Å²) in [5, 5.41) is 6.92. The maximum absolute atomic E-state index is 12.1. The Kier molecular flexibility index (Phi) is 8.07. The van der Waals surface area contributed by atoms with Crippen molar-refractivity contribution in [1.29, 1.82) is 0 Å². The van der Waals surface area contributed by atoms with E-state index < -0.39 is 0 Å². The second-order valence-corrected chi connectivity index (χ2v) is 8.09. The van der Waals surface area contributed by atoms with Crippen LogP contribution in [0.4, 0.5) is 0 Å². The first-order valence-corrected chi connectivity index (χ1v) is 10.8. The number of piperidine rings is 2. The number of benzene rings is 1. The number of amides is 2. The number of hydrogen-bond donors (Lipinski definition) is 2. The quantitative estimate of drug-likeness (QED) is 0.399. The fourth-order valence-corrected chi connectivity index (χ4v) is 4.08. The van der Waals surface area contributed by atoms with E-state index in [0.29, 0.717) is 13.1 Å². The van der Waals surface area contributed by atoms with Crippen LogP contribution >= 0.6 is 0 Å². The van der Waals surface area contributed by atoms with Crippen molar-refractivity contribution in [1.82, 2.24) is 15.1 Å². The van der Waals surface area contributed by atoms with Crippen molar-refractivity contribution in [3.63, 3.8) is 0 Å². The first kappa shape index (κ1) is 22.1. The van der Waals surface area contributed by atoms with Gasteiger partial charge in [0, 0.05) is 38.2 Å². The van der Waals surface area contributed by atoms with Crippen LogP contribution in [0.1, 0.15) is 50.2 Å². The van der Waals surface area contributed by atoms with Crippen LogP contribution in [-0.2, 0) is 21.0 Å². The molecule has 0 aliphatic carbocycles. The molecular weight excluding hydrogens is 382 g/mol. The molecule has 0 aromatic heterocycles. The molecule has 0 bridgehead atoms. The molecule has 1 aromatic carbocycles. The van der Waals surface area contributed by atoms with Gasteiger partial charge in [0.2, 0.25) is 5.91 Å². The molecule has 0 saturated carbocycles. The van der Waals surface area contributed by atoms with Crippen LogP contribution in [0.25, 0.3) is 0 Å². The predicted octanol–water partition coefficient (Wildman–Crippen LogP) is 1.44. The third-order valence-corrected chi connectivity index (χ3v) is 5.80. The van der Waals surface area contributed by atoms with Crippen molar-refractivity contribution >= 4 is 17.6 Å². The molecule has 8 heteroatoms. The zero-order chi connectivity index (χ0) is 21.3. The van der Waals surface area contributed by atoms with Gasteiger partial charge in [0.1, 0.15) is 0 Å². The minimum Gasteiger partial charge on any atom is -0.384 e. The molecule has 1 aromatic rings. The van der Waals surface area contributed by atoms with Gasteiger partial charge in [-0.1, -0.05) is 35.8 Å². The largest absolute Gasteiger partial charge is 0.384 e. The lowest BCUT2D eigenvalue weighted by molar-refractivity contribution is -0.130. The first-order valence-electron chi connectivity index (χ1n) is 10.8. The summed E-state index contributed by atoms with van der Waals surface area (Å²) in [6.45, 7) is 5.77. The molecule has 2 fully saturated rings. The highest BCUT2D eigenvalue weighted by molar-refractivity contribution is 5.98. The highest BCUT2D eigenvalue weighted by Crippen LogP contribution is 2.16. The minimum absolute atomic E-state index is 0.0586. The van der Waals surface area contributed by atoms with E-state index in [9.17, 15) is 9.59 Å². The van der Waals surface area contributed by atoms with Gasteiger partial charge >= 0.3 is 0 Å². The van der Waals surface area contributed by atoms with Crippen LogP contribution in [0, 0.1) is 0 Å². The zero-order valence-electron chi connectivity index (χ0n) is 17.8. The van der Waals surface area contributed by atoms with E-state index in [1.807, 2.05) is 18.2 Å². The van der Waals surface area contributed by atoms with Gasteiger partial charge in [-0.3, -0.25) is 14.5 Å². The van der Waals surface area contributed by atoms with E-state index in [1.165, 1.54) is 19.3 Å². The normalized spacial score (nSPS) is 18.8. The van der Waals surface area contributed by atoms with E-state index >= 15 is 0 Å². The number of rotatable bonds is 7. The summed E-state index contributed by atoms with van der Waals surface area (Å²) in [7, 11) is 0. The maximum atomic E-state index is 12.1. The number of hydrogen-bond acceptors (Lipinski definition) is 5. The molecule has 3 rings (SSSR count). The Morgan fingerprint density at radius 3 is 2.53 bits per heavy atom. The SMILES string of the molecule is CC(=O)N1CCC(NC(=O)CO/N=C(/N)c2ccccc2CN2CCCCC2)CC1. The maximum Gasteiger partial charge on any atom is 0.260 e. The van der Waals surface area contributed by atoms with Crippen LogP contribution in [0.3, 0.4) is 0 Å². The number of nitrogens with one attached hydrogen (secondary N) is 1. The van der Waals surface area contributed by atoms with Crippen molar-refractivity contribution in [2.45, 2.75) is 51.6 Å². The molecule has 30 heavy (non-hydrogen) atoms. The second kappa shape index (κ2) is 11.0. The number of nitrogens with zero attached hydrogens (tertiary/aromatic N) is 3. The monoisotopic (exact) mass is 415 g/mol. The molecule has 2 heterocycles. The highest BCUT2D eigenvalue weighted by atomic mass is 16.6. The van der Waals surface area contributed by atoms with Gasteiger partial charge in [-0.2, -0.15) is 0 Å². The zero-order valence-corrected chi connectivity index (χ0v) is 17.8. The minimum atomic E-state index is -0.227. The fourth-order valence-electron chi connectivity index (χ4n) is 4.08. The Balaban J connectivity index is 1.47. The Labute approximate surface area is 178 Å². The topological polar surface area (TPSA) is 100 Å². The fraction of sp³-hybridized carbons (Fsp3) is 0.591. The molecule has 8 nitrogen and oxygen atoms in total. The molecule has 0 spiro atoms. The third-order valence-electron chi connectivity index (χ3n) is 5.80. The Morgan fingerprint density at radius 1 is 1.13 bits per heavy atom. The lowest BCUT2D eigenvalue weighted by Gasteiger charge is -2.31. The molecule has 0 unspecified atom stereocenters. The molecular formula is C22H33N5O3. The van der Waals surface area contributed by atoms with Crippen molar-refractivity contribution in [2.75, 3.05) is 32.8 Å². The van der Waals surface area contributed by atoms with Crippen LogP contribution < -0.4 is 11.1 Å². The van der Waals surface area contributed by atoms with E-state index in [2.05, 4.69) is 21.4 Å². The predicted molar refractivity (Wildman–Crippen MR) is 116 cm³/mol.